The van der Waals surface area contributed by atoms with E-state index in [0.29, 0.717) is 12.1 Å². The van der Waals surface area contributed by atoms with Crippen LogP contribution in [0.25, 0.3) is 0 Å². The first kappa shape index (κ1) is 16.8. The van der Waals surface area contributed by atoms with E-state index in [-0.39, 0.29) is 10.6 Å². The summed E-state index contributed by atoms with van der Waals surface area (Å²) in [5.41, 5.74) is -2.26. The number of hydrogen-bond acceptors (Lipinski definition) is 4. The monoisotopic (exact) mass is 345 g/mol. The number of halogens is 4. The van der Waals surface area contributed by atoms with Crippen molar-refractivity contribution in [1.29, 1.82) is 0 Å². The van der Waals surface area contributed by atoms with E-state index in [1.807, 2.05) is 0 Å². The lowest BCUT2D eigenvalue weighted by molar-refractivity contribution is -0.385. The van der Waals surface area contributed by atoms with Gasteiger partial charge in [0.2, 0.25) is 5.75 Å². The second kappa shape index (κ2) is 6.25. The Hall–Kier alpha value is -2.61. The van der Waals surface area contributed by atoms with E-state index >= 15 is 0 Å². The highest BCUT2D eigenvalue weighted by Crippen LogP contribution is 2.36. The summed E-state index contributed by atoms with van der Waals surface area (Å²) in [6, 6.07) is 7.37. The van der Waals surface area contributed by atoms with Gasteiger partial charge in [0, 0.05) is 6.07 Å². The largest absolute Gasteiger partial charge is 0.416 e. The number of benzene rings is 2. The lowest BCUT2D eigenvalue weighted by Gasteiger charge is -2.09. The number of alkyl halides is 3. The summed E-state index contributed by atoms with van der Waals surface area (Å²) in [6.07, 6.45) is -4.75. The Morgan fingerprint density at radius 1 is 1.17 bits per heavy atom. The van der Waals surface area contributed by atoms with Crippen molar-refractivity contribution in [1.82, 2.24) is 0 Å². The molecular formula is C14H7ClF3NO4. The molecule has 0 unspecified atom stereocenters. The molecule has 0 spiro atoms. The molecule has 0 radical (unpaired) electrons. The first-order valence-corrected chi connectivity index (χ1v) is 6.40. The smallest absolute Gasteiger partial charge is 0.416 e. The van der Waals surface area contributed by atoms with Crippen LogP contribution < -0.4 is 4.74 Å². The number of nitro groups is 1. The van der Waals surface area contributed by atoms with Gasteiger partial charge in [0.1, 0.15) is 0 Å². The molecule has 0 heterocycles. The third-order valence-electron chi connectivity index (χ3n) is 2.78. The highest BCUT2D eigenvalue weighted by atomic mass is 35.5. The number of carbonyl (C=O) groups excluding carboxylic acids is 1. The van der Waals surface area contributed by atoms with Crippen molar-refractivity contribution < 1.29 is 27.6 Å². The SMILES string of the molecule is O=C(Oc1ccc(C(F)(F)F)cc1[N+](=O)[O-])c1ccccc1Cl. The zero-order chi connectivity index (χ0) is 17.2. The quantitative estimate of drug-likeness (QED) is 0.356. The molecule has 120 valence electrons. The molecule has 0 saturated carbocycles. The second-order valence-corrected chi connectivity index (χ2v) is 4.71. The van der Waals surface area contributed by atoms with Crippen molar-refractivity contribution in [2.75, 3.05) is 0 Å². The van der Waals surface area contributed by atoms with Gasteiger partial charge < -0.3 is 4.74 Å². The summed E-state index contributed by atoms with van der Waals surface area (Å²) in [6.45, 7) is 0. The molecule has 9 heteroatoms. The summed E-state index contributed by atoms with van der Waals surface area (Å²) >= 11 is 5.79. The molecule has 0 atom stereocenters. The van der Waals surface area contributed by atoms with Crippen LogP contribution in [0, 0.1) is 10.1 Å². The van der Waals surface area contributed by atoms with E-state index in [1.54, 1.807) is 6.07 Å². The molecule has 2 aromatic rings. The fourth-order valence-corrected chi connectivity index (χ4v) is 1.92. The zero-order valence-electron chi connectivity index (χ0n) is 11.1. The van der Waals surface area contributed by atoms with Crippen molar-refractivity contribution in [2.45, 2.75) is 6.18 Å². The van der Waals surface area contributed by atoms with Gasteiger partial charge in [0.15, 0.2) is 0 Å². The van der Waals surface area contributed by atoms with Crippen LogP contribution in [0.2, 0.25) is 5.02 Å². The molecule has 0 amide bonds. The van der Waals surface area contributed by atoms with Crippen LogP contribution in [-0.4, -0.2) is 10.9 Å². The summed E-state index contributed by atoms with van der Waals surface area (Å²) in [7, 11) is 0. The second-order valence-electron chi connectivity index (χ2n) is 4.31. The van der Waals surface area contributed by atoms with Gasteiger partial charge in [-0.25, -0.2) is 4.79 Å². The maximum atomic E-state index is 12.6. The minimum atomic E-state index is -4.75. The molecule has 0 aromatic heterocycles. The van der Waals surface area contributed by atoms with E-state index in [0.717, 1.165) is 6.07 Å². The van der Waals surface area contributed by atoms with Crippen molar-refractivity contribution in [3.05, 3.63) is 68.7 Å². The third kappa shape index (κ3) is 3.78. The Morgan fingerprint density at radius 2 is 1.83 bits per heavy atom. The molecule has 0 N–H and O–H groups in total. The van der Waals surface area contributed by atoms with Gasteiger partial charge in [-0.3, -0.25) is 10.1 Å². The summed E-state index contributed by atoms with van der Waals surface area (Å²) in [5, 5.41) is 11.0. The molecule has 2 rings (SSSR count). The molecule has 0 aliphatic rings. The molecule has 23 heavy (non-hydrogen) atoms. The average Bonchev–Trinajstić information content (AvgIpc) is 2.46. The van der Waals surface area contributed by atoms with Crippen LogP contribution in [0.15, 0.2) is 42.5 Å². The Balaban J connectivity index is 2.38. The predicted molar refractivity (Wildman–Crippen MR) is 74.5 cm³/mol. The van der Waals surface area contributed by atoms with Gasteiger partial charge in [-0.2, -0.15) is 13.2 Å². The molecule has 0 saturated heterocycles. The Kier molecular flexibility index (Phi) is 4.55. The maximum Gasteiger partial charge on any atom is 0.416 e. The molecule has 0 bridgehead atoms. The van der Waals surface area contributed by atoms with Crippen LogP contribution in [0.4, 0.5) is 18.9 Å². The number of ether oxygens (including phenoxy) is 1. The topological polar surface area (TPSA) is 69.4 Å². The number of carbonyl (C=O) groups is 1. The lowest BCUT2D eigenvalue weighted by atomic mass is 10.2. The van der Waals surface area contributed by atoms with Crippen LogP contribution in [0.1, 0.15) is 15.9 Å². The Morgan fingerprint density at radius 3 is 2.39 bits per heavy atom. The van der Waals surface area contributed by atoms with E-state index in [2.05, 4.69) is 0 Å². The molecule has 5 nitrogen and oxygen atoms in total. The fourth-order valence-electron chi connectivity index (χ4n) is 1.70. The number of esters is 1. The van der Waals surface area contributed by atoms with Crippen LogP contribution in [0.5, 0.6) is 5.75 Å². The van der Waals surface area contributed by atoms with Gasteiger partial charge >= 0.3 is 17.8 Å². The van der Waals surface area contributed by atoms with Gasteiger partial charge in [-0.15, -0.1) is 0 Å². The molecule has 2 aromatic carbocycles. The minimum absolute atomic E-state index is 0.0482. The third-order valence-corrected chi connectivity index (χ3v) is 3.11. The van der Waals surface area contributed by atoms with E-state index < -0.39 is 34.1 Å². The predicted octanol–water partition coefficient (Wildman–Crippen LogP) is 4.49. The van der Waals surface area contributed by atoms with Crippen molar-refractivity contribution in [3.8, 4) is 5.75 Å². The van der Waals surface area contributed by atoms with E-state index in [1.165, 1.54) is 18.2 Å². The van der Waals surface area contributed by atoms with Gasteiger partial charge in [-0.05, 0) is 24.3 Å². The van der Waals surface area contributed by atoms with E-state index in [4.69, 9.17) is 16.3 Å². The molecule has 0 aliphatic carbocycles. The van der Waals surface area contributed by atoms with Crippen molar-refractivity contribution in [2.24, 2.45) is 0 Å². The number of hydrogen-bond donors (Lipinski definition) is 0. The number of nitrogens with zero attached hydrogens (tertiary/aromatic N) is 1. The van der Waals surface area contributed by atoms with Crippen molar-refractivity contribution in [3.63, 3.8) is 0 Å². The molecule has 0 aliphatic heterocycles. The minimum Gasteiger partial charge on any atom is -0.416 e. The van der Waals surface area contributed by atoms with Crippen molar-refractivity contribution >= 4 is 23.3 Å². The van der Waals surface area contributed by atoms with Crippen LogP contribution in [-0.2, 0) is 6.18 Å². The van der Waals surface area contributed by atoms with Gasteiger partial charge in [-0.1, -0.05) is 23.7 Å². The number of nitro benzene ring substituents is 1. The van der Waals surface area contributed by atoms with E-state index in [9.17, 15) is 28.1 Å². The lowest BCUT2D eigenvalue weighted by Crippen LogP contribution is -2.11. The average molecular weight is 346 g/mol. The normalized spacial score (nSPS) is 11.1. The summed E-state index contributed by atoms with van der Waals surface area (Å²) in [4.78, 5) is 21.8. The van der Waals surface area contributed by atoms with Gasteiger partial charge in [0.05, 0.1) is 21.1 Å². The first-order chi connectivity index (χ1) is 10.7. The van der Waals surface area contributed by atoms with Crippen LogP contribution in [0.3, 0.4) is 0 Å². The molecule has 0 fully saturated rings. The highest BCUT2D eigenvalue weighted by molar-refractivity contribution is 6.33. The number of rotatable bonds is 3. The Bertz CT molecular complexity index is 777. The standard InChI is InChI=1S/C14H7ClF3NO4/c15-10-4-2-1-3-9(10)13(20)23-12-6-5-8(14(16,17)18)7-11(12)19(21)22/h1-7H. The summed E-state index contributed by atoms with van der Waals surface area (Å²) in [5.74, 6) is -1.62. The Labute approximate surface area is 132 Å². The first-order valence-electron chi connectivity index (χ1n) is 6.02. The maximum absolute atomic E-state index is 12.6. The van der Waals surface area contributed by atoms with Crippen LogP contribution >= 0.6 is 11.6 Å². The van der Waals surface area contributed by atoms with Gasteiger partial charge in [0.25, 0.3) is 0 Å². The summed E-state index contributed by atoms with van der Waals surface area (Å²) < 4.78 is 42.6. The fraction of sp³-hybridized carbons (Fsp3) is 0.0714. The zero-order valence-corrected chi connectivity index (χ0v) is 11.9. The highest BCUT2D eigenvalue weighted by Gasteiger charge is 2.33. The molecular weight excluding hydrogens is 339 g/mol.